The van der Waals surface area contributed by atoms with Crippen molar-refractivity contribution in [1.82, 2.24) is 5.32 Å². The molecule has 158 valence electrons. The summed E-state index contributed by atoms with van der Waals surface area (Å²) in [5.41, 5.74) is 3.19. The fourth-order valence-electron chi connectivity index (χ4n) is 3.26. The van der Waals surface area contributed by atoms with Crippen LogP contribution in [0.25, 0.3) is 0 Å². The number of alkyl halides is 3. The van der Waals surface area contributed by atoms with Crippen LogP contribution in [0.5, 0.6) is 0 Å². The topological polar surface area (TPSA) is 44.4 Å². The highest BCUT2D eigenvalue weighted by Crippen LogP contribution is 2.30. The number of amides is 1. The van der Waals surface area contributed by atoms with Crippen molar-refractivity contribution in [2.75, 3.05) is 36.9 Å². The Hall–Kier alpha value is -2.54. The van der Waals surface area contributed by atoms with Gasteiger partial charge in [-0.15, -0.1) is 0 Å². The Bertz CT molecular complexity index is 826. The number of anilines is 2. The van der Waals surface area contributed by atoms with Crippen molar-refractivity contribution in [3.8, 4) is 0 Å². The number of carbonyl (C=O) groups is 1. The highest BCUT2D eigenvalue weighted by Gasteiger charge is 2.30. The molecule has 2 aromatic rings. The average molecular weight is 407 g/mol. The lowest BCUT2D eigenvalue weighted by Crippen LogP contribution is -2.30. The highest BCUT2D eigenvalue weighted by molar-refractivity contribution is 5.94. The number of halogens is 3. The first-order valence-corrected chi connectivity index (χ1v) is 9.62. The van der Waals surface area contributed by atoms with Gasteiger partial charge in [0.2, 0.25) is 5.91 Å². The van der Waals surface area contributed by atoms with Crippen LogP contribution >= 0.6 is 0 Å². The number of benzene rings is 2. The Morgan fingerprint density at radius 3 is 2.31 bits per heavy atom. The number of carbonyl (C=O) groups excluding carboxylic acids is 1. The van der Waals surface area contributed by atoms with Crippen molar-refractivity contribution in [1.29, 1.82) is 0 Å². The number of rotatable bonds is 8. The highest BCUT2D eigenvalue weighted by atomic mass is 19.4. The van der Waals surface area contributed by atoms with Gasteiger partial charge in [0.1, 0.15) is 0 Å². The van der Waals surface area contributed by atoms with E-state index in [1.165, 1.54) is 12.1 Å². The van der Waals surface area contributed by atoms with Crippen LogP contribution in [0.3, 0.4) is 0 Å². The zero-order valence-electron chi connectivity index (χ0n) is 17.3. The van der Waals surface area contributed by atoms with E-state index in [4.69, 9.17) is 0 Å². The summed E-state index contributed by atoms with van der Waals surface area (Å²) in [7, 11) is 1.91. The van der Waals surface area contributed by atoms with Gasteiger partial charge in [-0.25, -0.2) is 0 Å². The molecular formula is C22H28F3N3O. The molecule has 0 bridgehead atoms. The van der Waals surface area contributed by atoms with E-state index in [-0.39, 0.29) is 12.3 Å². The van der Waals surface area contributed by atoms with Crippen LogP contribution in [0, 0.1) is 13.8 Å². The van der Waals surface area contributed by atoms with Gasteiger partial charge in [-0.2, -0.15) is 13.2 Å². The van der Waals surface area contributed by atoms with Crippen molar-refractivity contribution in [2.24, 2.45) is 0 Å². The molecule has 0 heterocycles. The molecule has 2 rings (SSSR count). The van der Waals surface area contributed by atoms with E-state index in [1.807, 2.05) is 33.0 Å². The van der Waals surface area contributed by atoms with Gasteiger partial charge in [-0.1, -0.05) is 18.2 Å². The molecule has 0 aromatic heterocycles. The summed E-state index contributed by atoms with van der Waals surface area (Å²) < 4.78 is 38.6. The molecule has 4 nitrogen and oxygen atoms in total. The molecule has 2 aromatic carbocycles. The lowest BCUT2D eigenvalue weighted by atomic mass is 10.0. The van der Waals surface area contributed by atoms with Crippen LogP contribution < -0.4 is 15.5 Å². The molecule has 0 atom stereocenters. The minimum atomic E-state index is -4.42. The number of hydrogen-bond acceptors (Lipinski definition) is 3. The lowest BCUT2D eigenvalue weighted by molar-refractivity contribution is -0.137. The standard InChI is InChI=1S/C22H28F3N3O/c1-5-28(10-9-26-4)19-11-15(2)21(16(3)12-19)27-20(29)14-17-7-6-8-18(13-17)22(23,24)25/h6-8,11-13,26H,5,9-10,14H2,1-4H3,(H,27,29). The lowest BCUT2D eigenvalue weighted by Gasteiger charge is -2.25. The second kappa shape index (κ2) is 9.78. The van der Waals surface area contributed by atoms with E-state index < -0.39 is 11.7 Å². The zero-order chi connectivity index (χ0) is 21.6. The molecule has 0 aliphatic rings. The maximum absolute atomic E-state index is 12.9. The number of nitrogens with zero attached hydrogens (tertiary/aromatic N) is 1. The fourth-order valence-corrected chi connectivity index (χ4v) is 3.26. The molecule has 0 saturated carbocycles. The molecule has 1 amide bonds. The quantitative estimate of drug-likeness (QED) is 0.675. The van der Waals surface area contributed by atoms with E-state index >= 15 is 0 Å². The van der Waals surface area contributed by atoms with Crippen molar-refractivity contribution in [3.63, 3.8) is 0 Å². The second-order valence-corrected chi connectivity index (χ2v) is 7.06. The van der Waals surface area contributed by atoms with Crippen molar-refractivity contribution in [3.05, 3.63) is 58.7 Å². The summed E-state index contributed by atoms with van der Waals surface area (Å²) in [6, 6.07) is 8.91. The average Bonchev–Trinajstić information content (AvgIpc) is 2.65. The molecule has 29 heavy (non-hydrogen) atoms. The Morgan fingerprint density at radius 1 is 1.10 bits per heavy atom. The fraction of sp³-hybridized carbons (Fsp3) is 0.409. The maximum atomic E-state index is 12.9. The summed E-state index contributed by atoms with van der Waals surface area (Å²) in [6.45, 7) is 8.52. The first kappa shape index (κ1) is 22.7. The predicted molar refractivity (Wildman–Crippen MR) is 112 cm³/mol. The number of nitrogens with one attached hydrogen (secondary N) is 2. The van der Waals surface area contributed by atoms with Gasteiger partial charge in [0.05, 0.1) is 12.0 Å². The Labute approximate surface area is 170 Å². The first-order chi connectivity index (χ1) is 13.7. The van der Waals surface area contributed by atoms with Gasteiger partial charge in [0.25, 0.3) is 0 Å². The van der Waals surface area contributed by atoms with Gasteiger partial charge >= 0.3 is 6.18 Å². The molecule has 0 aliphatic carbocycles. The van der Waals surface area contributed by atoms with Crippen LogP contribution in [-0.4, -0.2) is 32.6 Å². The van der Waals surface area contributed by atoms with Gasteiger partial charge < -0.3 is 15.5 Å². The first-order valence-electron chi connectivity index (χ1n) is 9.62. The summed E-state index contributed by atoms with van der Waals surface area (Å²) in [4.78, 5) is 14.7. The maximum Gasteiger partial charge on any atom is 0.416 e. The minimum absolute atomic E-state index is 0.117. The SMILES string of the molecule is CCN(CCNC)c1cc(C)c(NC(=O)Cc2cccc(C(F)(F)F)c2)c(C)c1. The van der Waals surface area contributed by atoms with Crippen LogP contribution in [0.1, 0.15) is 29.2 Å². The van der Waals surface area contributed by atoms with Crippen molar-refractivity contribution < 1.29 is 18.0 Å². The molecule has 0 fully saturated rings. The number of hydrogen-bond donors (Lipinski definition) is 2. The van der Waals surface area contributed by atoms with Gasteiger partial charge in [0, 0.05) is 31.0 Å². The third-order valence-corrected chi connectivity index (χ3v) is 4.78. The molecule has 0 unspecified atom stereocenters. The normalized spacial score (nSPS) is 11.4. The third kappa shape index (κ3) is 6.22. The van der Waals surface area contributed by atoms with Crippen LogP contribution in [0.4, 0.5) is 24.5 Å². The molecular weight excluding hydrogens is 379 g/mol. The van der Waals surface area contributed by atoms with E-state index in [2.05, 4.69) is 22.5 Å². The Kier molecular flexibility index (Phi) is 7.67. The molecule has 7 heteroatoms. The molecule has 0 spiro atoms. The van der Waals surface area contributed by atoms with Crippen LogP contribution in [0.15, 0.2) is 36.4 Å². The molecule has 0 radical (unpaired) electrons. The summed E-state index contributed by atoms with van der Waals surface area (Å²) in [5.74, 6) is -0.342. The van der Waals surface area contributed by atoms with Gasteiger partial charge in [-0.05, 0) is 62.7 Å². The second-order valence-electron chi connectivity index (χ2n) is 7.06. The van der Waals surface area contributed by atoms with E-state index in [1.54, 1.807) is 0 Å². The predicted octanol–water partition coefficient (Wildman–Crippen LogP) is 4.55. The summed E-state index contributed by atoms with van der Waals surface area (Å²) in [5, 5.41) is 6.00. The third-order valence-electron chi connectivity index (χ3n) is 4.78. The molecule has 0 aliphatic heterocycles. The largest absolute Gasteiger partial charge is 0.416 e. The molecule has 2 N–H and O–H groups in total. The van der Waals surface area contributed by atoms with Crippen LogP contribution in [-0.2, 0) is 17.4 Å². The van der Waals surface area contributed by atoms with Crippen molar-refractivity contribution in [2.45, 2.75) is 33.4 Å². The zero-order valence-corrected chi connectivity index (χ0v) is 17.3. The summed E-state index contributed by atoms with van der Waals surface area (Å²) in [6.07, 6.45) is -4.54. The number of likely N-dealkylation sites (N-methyl/N-ethyl adjacent to an activating group) is 2. The van der Waals surface area contributed by atoms with Crippen LogP contribution in [0.2, 0.25) is 0 Å². The Morgan fingerprint density at radius 2 is 1.76 bits per heavy atom. The van der Waals surface area contributed by atoms with E-state index in [0.29, 0.717) is 11.3 Å². The van der Waals surface area contributed by atoms with E-state index in [0.717, 1.165) is 48.6 Å². The minimum Gasteiger partial charge on any atom is -0.371 e. The van der Waals surface area contributed by atoms with Gasteiger partial charge in [-0.3, -0.25) is 4.79 Å². The smallest absolute Gasteiger partial charge is 0.371 e. The van der Waals surface area contributed by atoms with E-state index in [9.17, 15) is 18.0 Å². The number of aryl methyl sites for hydroxylation is 2. The van der Waals surface area contributed by atoms with Gasteiger partial charge in [0.15, 0.2) is 0 Å². The van der Waals surface area contributed by atoms with Crippen molar-refractivity contribution >= 4 is 17.3 Å². The molecule has 0 saturated heterocycles. The summed E-state index contributed by atoms with van der Waals surface area (Å²) >= 11 is 0. The Balaban J connectivity index is 2.14. The monoisotopic (exact) mass is 407 g/mol.